The van der Waals surface area contributed by atoms with Crippen molar-refractivity contribution in [3.63, 3.8) is 0 Å². The number of methoxy groups -OCH3 is 2. The van der Waals surface area contributed by atoms with Crippen LogP contribution < -0.4 is 9.60 Å². The number of aromatic nitrogens is 1. The molecular formula is C19H18N2O7S2. The zero-order valence-electron chi connectivity index (χ0n) is 16.3. The molecule has 0 spiro atoms. The smallest absolute Gasteiger partial charge is 0.337 e. The minimum atomic E-state index is -4.07. The first-order valence-electron chi connectivity index (χ1n) is 8.68. The molecule has 3 rings (SSSR count). The number of hydrogen-bond donors (Lipinski definition) is 1. The van der Waals surface area contributed by atoms with Crippen molar-refractivity contribution in [1.82, 2.24) is 4.57 Å². The van der Waals surface area contributed by atoms with E-state index in [-0.39, 0.29) is 26.6 Å². The number of thiazole rings is 1. The fourth-order valence-electron chi connectivity index (χ4n) is 2.89. The summed E-state index contributed by atoms with van der Waals surface area (Å²) in [5.74, 6) is -1.48. The molecule has 0 aliphatic rings. The average Bonchev–Trinajstić information content (AvgIpc) is 3.05. The highest BCUT2D eigenvalue weighted by Gasteiger charge is 2.20. The number of esters is 2. The Balaban J connectivity index is 2.04. The molecule has 0 radical (unpaired) electrons. The summed E-state index contributed by atoms with van der Waals surface area (Å²) in [5.41, 5.74) is 0.586. The second-order valence-corrected chi connectivity index (χ2v) is 8.81. The van der Waals surface area contributed by atoms with Crippen molar-refractivity contribution >= 4 is 49.2 Å². The number of nitrogens with one attached hydrogen (secondary N) is 1. The highest BCUT2D eigenvalue weighted by atomic mass is 32.2. The van der Waals surface area contributed by atoms with Gasteiger partial charge in [0.15, 0.2) is 0 Å². The van der Waals surface area contributed by atoms with Gasteiger partial charge in [-0.25, -0.2) is 18.0 Å². The van der Waals surface area contributed by atoms with Crippen LogP contribution in [0.5, 0.6) is 0 Å². The number of carbonyl (C=O) groups is 2. The normalized spacial score (nSPS) is 11.3. The van der Waals surface area contributed by atoms with E-state index in [4.69, 9.17) is 0 Å². The fraction of sp³-hybridized carbons (Fsp3) is 0.211. The molecule has 3 aromatic rings. The lowest BCUT2D eigenvalue weighted by atomic mass is 10.1. The summed E-state index contributed by atoms with van der Waals surface area (Å²) in [6.07, 6.45) is 0. The fourth-order valence-corrected chi connectivity index (χ4v) is 5.02. The number of hydrogen-bond acceptors (Lipinski definition) is 8. The molecule has 0 atom stereocenters. The van der Waals surface area contributed by atoms with Crippen molar-refractivity contribution in [3.05, 3.63) is 57.2 Å². The SMILES string of the molecule is CCn1c(=O)sc2cc(S(=O)(=O)Nc3cc(C(=O)OC)cc(C(=O)OC)c3)ccc21. The maximum absolute atomic E-state index is 12.9. The molecule has 11 heteroatoms. The van der Waals surface area contributed by atoms with E-state index in [0.29, 0.717) is 16.8 Å². The van der Waals surface area contributed by atoms with Crippen molar-refractivity contribution in [2.24, 2.45) is 0 Å². The van der Waals surface area contributed by atoms with Crippen LogP contribution >= 0.6 is 11.3 Å². The Morgan fingerprint density at radius 1 is 1.03 bits per heavy atom. The average molecular weight is 450 g/mol. The summed E-state index contributed by atoms with van der Waals surface area (Å²) < 4.78 is 39.5. The minimum Gasteiger partial charge on any atom is -0.465 e. The summed E-state index contributed by atoms with van der Waals surface area (Å²) in [5, 5.41) is 0. The first kappa shape index (κ1) is 21.5. The molecule has 30 heavy (non-hydrogen) atoms. The van der Waals surface area contributed by atoms with Crippen molar-refractivity contribution in [3.8, 4) is 0 Å². The summed E-state index contributed by atoms with van der Waals surface area (Å²) in [6, 6.07) is 8.10. The molecule has 0 amide bonds. The molecule has 0 aliphatic carbocycles. The Labute approximate surface area is 175 Å². The number of nitrogens with zero attached hydrogens (tertiary/aromatic N) is 1. The number of carbonyl (C=O) groups excluding carboxylic acids is 2. The molecular weight excluding hydrogens is 432 g/mol. The number of aryl methyl sites for hydroxylation is 1. The van der Waals surface area contributed by atoms with Crippen LogP contribution in [0.2, 0.25) is 0 Å². The Morgan fingerprint density at radius 2 is 1.63 bits per heavy atom. The van der Waals surface area contributed by atoms with Gasteiger partial charge in [-0.2, -0.15) is 0 Å². The van der Waals surface area contributed by atoms with Gasteiger partial charge in [0.2, 0.25) is 0 Å². The van der Waals surface area contributed by atoms with Gasteiger partial charge in [0.25, 0.3) is 10.0 Å². The Morgan fingerprint density at radius 3 is 2.17 bits per heavy atom. The van der Waals surface area contributed by atoms with Crippen LogP contribution in [-0.2, 0) is 26.0 Å². The number of ether oxygens (including phenoxy) is 2. The van der Waals surface area contributed by atoms with Crippen molar-refractivity contribution in [2.75, 3.05) is 18.9 Å². The third-order valence-corrected chi connectivity index (χ3v) is 6.61. The van der Waals surface area contributed by atoms with E-state index in [1.807, 2.05) is 6.92 Å². The lowest BCUT2D eigenvalue weighted by molar-refractivity contribution is 0.0599. The first-order valence-corrected chi connectivity index (χ1v) is 11.0. The topological polar surface area (TPSA) is 121 Å². The molecule has 2 aromatic carbocycles. The quantitative estimate of drug-likeness (QED) is 0.573. The van der Waals surface area contributed by atoms with Gasteiger partial charge in [0.1, 0.15) is 0 Å². The second kappa shape index (κ2) is 8.28. The van der Waals surface area contributed by atoms with Gasteiger partial charge in [-0.3, -0.25) is 14.1 Å². The molecule has 0 aliphatic heterocycles. The van der Waals surface area contributed by atoms with Crippen molar-refractivity contribution in [1.29, 1.82) is 0 Å². The molecule has 9 nitrogen and oxygen atoms in total. The Hall–Kier alpha value is -3.18. The van der Waals surface area contributed by atoms with Gasteiger partial charge < -0.3 is 9.47 Å². The zero-order chi connectivity index (χ0) is 22.1. The maximum Gasteiger partial charge on any atom is 0.337 e. The van der Waals surface area contributed by atoms with Crippen molar-refractivity contribution in [2.45, 2.75) is 18.4 Å². The van der Waals surface area contributed by atoms with Gasteiger partial charge in [-0.05, 0) is 43.3 Å². The molecule has 1 aromatic heterocycles. The predicted molar refractivity (Wildman–Crippen MR) is 112 cm³/mol. The van der Waals surface area contributed by atoms with Crippen molar-refractivity contribution < 1.29 is 27.5 Å². The van der Waals surface area contributed by atoms with Gasteiger partial charge >= 0.3 is 16.8 Å². The molecule has 0 saturated carbocycles. The lowest BCUT2D eigenvalue weighted by Crippen LogP contribution is -2.15. The number of fused-ring (bicyclic) bond motifs is 1. The standard InChI is InChI=1S/C19H18N2O7S2/c1-4-21-15-6-5-14(10-16(15)29-19(21)24)30(25,26)20-13-8-11(17(22)27-2)7-12(9-13)18(23)28-3/h5-10,20H,4H2,1-3H3. The Bertz CT molecular complexity index is 1270. The van der Waals surface area contributed by atoms with Crippen LogP contribution in [-0.4, -0.2) is 39.1 Å². The van der Waals surface area contributed by atoms with E-state index in [2.05, 4.69) is 14.2 Å². The summed E-state index contributed by atoms with van der Waals surface area (Å²) >= 11 is 0.951. The number of rotatable bonds is 6. The van der Waals surface area contributed by atoms with E-state index in [0.717, 1.165) is 11.3 Å². The second-order valence-electron chi connectivity index (χ2n) is 6.13. The minimum absolute atomic E-state index is 0.0160. The summed E-state index contributed by atoms with van der Waals surface area (Å²) in [7, 11) is -1.74. The third kappa shape index (κ3) is 4.07. The molecule has 1 heterocycles. The number of anilines is 1. The summed E-state index contributed by atoms with van der Waals surface area (Å²) in [6.45, 7) is 2.30. The van der Waals surface area contributed by atoms with Crippen LogP contribution in [0.1, 0.15) is 27.6 Å². The van der Waals surface area contributed by atoms with Crippen LogP contribution in [0.25, 0.3) is 10.2 Å². The van der Waals surface area contributed by atoms with Crippen LogP contribution in [0.3, 0.4) is 0 Å². The van der Waals surface area contributed by atoms with E-state index < -0.39 is 22.0 Å². The van der Waals surface area contributed by atoms with Gasteiger partial charge in [0, 0.05) is 6.54 Å². The number of benzene rings is 2. The Kier molecular flexibility index (Phi) is 5.94. The molecule has 0 fully saturated rings. The number of sulfonamides is 1. The molecule has 0 unspecified atom stereocenters. The van der Waals surface area contributed by atoms with E-state index >= 15 is 0 Å². The van der Waals surface area contributed by atoms with Gasteiger partial charge in [-0.1, -0.05) is 11.3 Å². The van der Waals surface area contributed by atoms with E-state index in [9.17, 15) is 22.8 Å². The highest BCUT2D eigenvalue weighted by molar-refractivity contribution is 7.92. The van der Waals surface area contributed by atoms with E-state index in [1.54, 1.807) is 10.6 Å². The summed E-state index contributed by atoms with van der Waals surface area (Å²) in [4.78, 5) is 35.5. The van der Waals surface area contributed by atoms with Crippen LogP contribution in [0, 0.1) is 0 Å². The van der Waals surface area contributed by atoms with Crippen LogP contribution in [0.4, 0.5) is 5.69 Å². The molecule has 158 valence electrons. The van der Waals surface area contributed by atoms with Crippen LogP contribution in [0.15, 0.2) is 46.1 Å². The third-order valence-electron chi connectivity index (χ3n) is 4.29. The molecule has 1 N–H and O–H groups in total. The largest absolute Gasteiger partial charge is 0.465 e. The highest BCUT2D eigenvalue weighted by Crippen LogP contribution is 2.25. The first-order chi connectivity index (χ1) is 14.2. The lowest BCUT2D eigenvalue weighted by Gasteiger charge is -2.11. The molecule has 0 saturated heterocycles. The van der Waals surface area contributed by atoms with Gasteiger partial charge in [-0.15, -0.1) is 0 Å². The monoisotopic (exact) mass is 450 g/mol. The van der Waals surface area contributed by atoms with E-state index in [1.165, 1.54) is 44.6 Å². The molecule has 0 bridgehead atoms. The zero-order valence-corrected chi connectivity index (χ0v) is 17.9. The van der Waals surface area contributed by atoms with Gasteiger partial charge in [0.05, 0.1) is 46.1 Å². The predicted octanol–water partition coefficient (Wildman–Crippen LogP) is 2.46. The maximum atomic E-state index is 12.9.